The molecule has 6 aromatic rings. The van der Waals surface area contributed by atoms with Crippen LogP contribution in [0.5, 0.6) is 0 Å². The topological polar surface area (TPSA) is 0 Å². The average molecular weight is 958 g/mol. The van der Waals surface area contributed by atoms with Crippen LogP contribution in [0.15, 0.2) is 109 Å². The third-order valence-corrected chi connectivity index (χ3v) is 7.70. The van der Waals surface area contributed by atoms with Gasteiger partial charge in [-0.1, -0.05) is 50.2 Å². The summed E-state index contributed by atoms with van der Waals surface area (Å²) in [5.74, 6) is 0. The molecular weight excluding hydrogens is 909 g/mol. The Balaban J connectivity index is 0.000000214. The molecular formula is C40H48Cl2I2N2SiTi. The molecule has 0 aliphatic rings. The van der Waals surface area contributed by atoms with Crippen molar-refractivity contribution in [1.82, 2.24) is 8.97 Å². The summed E-state index contributed by atoms with van der Waals surface area (Å²) in [7, 11) is 25.1. The first-order valence-electron chi connectivity index (χ1n) is 15.8. The Labute approximate surface area is 323 Å². The Bertz CT molecular complexity index is 1750. The minimum atomic E-state index is -2.12. The summed E-state index contributed by atoms with van der Waals surface area (Å²) in [6.45, 7) is 6.50. The molecule has 2 radical (unpaired) electrons. The number of hydrogen-bond donors (Lipinski definition) is 0. The number of nitrogens with zero attached hydrogens (tertiary/aromatic N) is 2. The number of quaternary nitrogens is 2. The quantitative estimate of drug-likeness (QED) is 0.0715. The predicted molar refractivity (Wildman–Crippen MR) is 236 cm³/mol. The number of hydrogen-bond acceptors (Lipinski definition) is 0. The standard InChI is InChI=1S/2C19H21N.C2H6Si.2ClH.2HI.Ti/c2*1-14-12-16-6-5-7-18(19(16)13-14)15-8-10-17(11-9-15)20(2,3)4;1-3-2;;;;;/h2*5-13H,1-4H3;1-2H3;4*1H;/q;;;;;;;+4/p-4. The molecule has 0 spiro atoms. The molecule has 48 heavy (non-hydrogen) atoms. The van der Waals surface area contributed by atoms with Gasteiger partial charge in [0.2, 0.25) is 0 Å². The molecule has 254 valence electrons. The van der Waals surface area contributed by atoms with E-state index in [0.717, 1.165) is 18.5 Å². The van der Waals surface area contributed by atoms with Crippen molar-refractivity contribution in [3.05, 3.63) is 120 Å². The monoisotopic (exact) mass is 956 g/mol. The minimum absolute atomic E-state index is 0.847. The molecule has 2 nitrogen and oxygen atoms in total. The maximum atomic E-state index is 5.46. The van der Waals surface area contributed by atoms with Gasteiger partial charge in [-0.15, -0.1) is 69.1 Å². The third-order valence-electron chi connectivity index (χ3n) is 7.70. The fourth-order valence-electron chi connectivity index (χ4n) is 5.45. The summed E-state index contributed by atoms with van der Waals surface area (Å²) in [5, 5.41) is 5.36. The molecule has 6 rings (SSSR count). The van der Waals surface area contributed by atoms with Crippen LogP contribution in [0.4, 0.5) is 11.4 Å². The molecule has 0 amide bonds. The van der Waals surface area contributed by atoms with Crippen LogP contribution in [-0.4, -0.2) is 51.8 Å². The first kappa shape index (κ1) is 41.4. The van der Waals surface area contributed by atoms with Gasteiger partial charge in [-0.3, -0.25) is 8.97 Å². The van der Waals surface area contributed by atoms with Crippen molar-refractivity contribution in [2.45, 2.75) is 26.9 Å². The predicted octanol–water partition coefficient (Wildman–Crippen LogP) is 13.4. The molecule has 8 heteroatoms. The molecule has 0 atom stereocenters. The van der Waals surface area contributed by atoms with Crippen LogP contribution in [0.1, 0.15) is 11.1 Å². The third kappa shape index (κ3) is 12.6. The van der Waals surface area contributed by atoms with Crippen LogP contribution in [-0.2, 0) is 6.97 Å². The van der Waals surface area contributed by atoms with E-state index in [9.17, 15) is 0 Å². The van der Waals surface area contributed by atoms with E-state index in [1.54, 1.807) is 0 Å². The van der Waals surface area contributed by atoms with Crippen LogP contribution in [0, 0.1) is 13.8 Å². The number of aryl methyl sites for hydroxylation is 2. The van der Waals surface area contributed by atoms with Crippen molar-refractivity contribution < 1.29 is 6.97 Å². The zero-order chi connectivity index (χ0) is 35.9. The van der Waals surface area contributed by atoms with Crippen molar-refractivity contribution in [3.63, 3.8) is 0 Å². The van der Waals surface area contributed by atoms with E-state index in [2.05, 4.69) is 217 Å². The van der Waals surface area contributed by atoms with Crippen LogP contribution in [0.25, 0.3) is 43.8 Å². The van der Waals surface area contributed by atoms with E-state index in [4.69, 9.17) is 18.6 Å². The first-order valence-corrected chi connectivity index (χ1v) is 32.2. The Kier molecular flexibility index (Phi) is 15.5. The van der Waals surface area contributed by atoms with Gasteiger partial charge in [0.15, 0.2) is 0 Å². The zero-order valence-corrected chi connectivity index (χ0v) is 38.2. The normalized spacial score (nSPS) is 11.6. The summed E-state index contributed by atoms with van der Waals surface area (Å²) in [6, 6.07) is 40.0. The second-order valence-corrected chi connectivity index (χ2v) is 53.9. The second kappa shape index (κ2) is 18.0. The van der Waals surface area contributed by atoms with Crippen LogP contribution >= 0.6 is 57.0 Å². The molecule has 0 aliphatic heterocycles. The van der Waals surface area contributed by atoms with Gasteiger partial charge in [-0.2, -0.15) is 12.1 Å². The van der Waals surface area contributed by atoms with Crippen LogP contribution in [0.2, 0.25) is 13.1 Å². The van der Waals surface area contributed by atoms with Crippen molar-refractivity contribution in [2.75, 3.05) is 42.3 Å². The van der Waals surface area contributed by atoms with Gasteiger partial charge in [-0.05, 0) is 59.7 Å². The first-order chi connectivity index (χ1) is 22.3. The molecule has 0 unspecified atom stereocenters. The van der Waals surface area contributed by atoms with Gasteiger partial charge in [0.05, 0.1) is 42.3 Å². The molecule has 0 N–H and O–H groups in total. The van der Waals surface area contributed by atoms with E-state index < -0.39 is 6.97 Å². The summed E-state index contributed by atoms with van der Waals surface area (Å²) in [6.07, 6.45) is 0. The summed E-state index contributed by atoms with van der Waals surface area (Å²) >= 11 is 4.17. The van der Waals surface area contributed by atoms with Gasteiger partial charge in [0.25, 0.3) is 0 Å². The van der Waals surface area contributed by atoms with E-state index in [-0.39, 0.29) is 0 Å². The Hall–Kier alpha value is -1.01. The molecule has 0 aliphatic carbocycles. The Morgan fingerprint density at radius 3 is 1.12 bits per heavy atom. The van der Waals surface area contributed by atoms with Gasteiger partial charge in [0, 0.05) is 9.52 Å². The van der Waals surface area contributed by atoms with E-state index in [1.807, 2.05) is 0 Å². The molecule has 6 aromatic carbocycles. The summed E-state index contributed by atoms with van der Waals surface area (Å²) < 4.78 is 1.69. The summed E-state index contributed by atoms with van der Waals surface area (Å²) in [4.78, 5) is 0. The SMILES string of the molecule is C[Si]C.Cc1cc2c(-c3ccc([N+](C)(C)C)cc3)cccc2[cH-]1.Cc1cc2c(-c3ccc([N+](C)(C)C)cc3)cccc2[cH-]1.[Cl][Ti]([Cl])([I])[I]. The number of rotatable bonds is 4. The van der Waals surface area contributed by atoms with Crippen molar-refractivity contribution in [2.24, 2.45) is 0 Å². The van der Waals surface area contributed by atoms with Gasteiger partial charge in [0.1, 0.15) is 11.4 Å². The fraction of sp³-hybridized carbons (Fsp3) is 0.250. The Morgan fingerprint density at radius 2 is 0.854 bits per heavy atom. The van der Waals surface area contributed by atoms with Crippen molar-refractivity contribution >= 4 is 99.4 Å². The number of halogens is 4. The van der Waals surface area contributed by atoms with Crippen molar-refractivity contribution in [1.29, 1.82) is 0 Å². The van der Waals surface area contributed by atoms with E-state index in [1.165, 1.54) is 66.3 Å². The molecule has 0 saturated carbocycles. The molecule has 0 bridgehead atoms. The van der Waals surface area contributed by atoms with E-state index in [0.29, 0.717) is 0 Å². The van der Waals surface area contributed by atoms with Crippen LogP contribution in [0.3, 0.4) is 0 Å². The van der Waals surface area contributed by atoms with Gasteiger partial charge < -0.3 is 0 Å². The second-order valence-electron chi connectivity index (χ2n) is 13.7. The number of fused-ring (bicyclic) bond motifs is 2. The molecule has 0 heterocycles. The maximum absolute atomic E-state index is 5.46. The molecule has 0 aromatic heterocycles. The average Bonchev–Trinajstić information content (AvgIpc) is 3.57. The fourth-order valence-corrected chi connectivity index (χ4v) is 5.45. The summed E-state index contributed by atoms with van der Waals surface area (Å²) in [5.41, 5.74) is 10.5. The Morgan fingerprint density at radius 1 is 0.562 bits per heavy atom. The molecule has 0 saturated heterocycles. The van der Waals surface area contributed by atoms with Crippen molar-refractivity contribution in [3.8, 4) is 22.3 Å². The molecule has 0 fully saturated rings. The number of benzene rings is 4. The van der Waals surface area contributed by atoms with Gasteiger partial charge >= 0.3 is 64.0 Å². The van der Waals surface area contributed by atoms with Gasteiger partial charge in [-0.25, -0.2) is 0 Å². The van der Waals surface area contributed by atoms with Crippen LogP contribution < -0.4 is 8.97 Å². The zero-order valence-electron chi connectivity index (χ0n) is 29.8. The van der Waals surface area contributed by atoms with E-state index >= 15 is 0 Å².